The lowest BCUT2D eigenvalue weighted by molar-refractivity contribution is -0.145. The van der Waals surface area contributed by atoms with E-state index >= 15 is 0 Å². The molecule has 0 saturated carbocycles. The van der Waals surface area contributed by atoms with Crippen molar-refractivity contribution in [3.8, 4) is 0 Å². The molecule has 1 amide bonds. The largest absolute Gasteiger partial charge is 0.351 e. The Labute approximate surface area is 58.6 Å². The van der Waals surface area contributed by atoms with Crippen molar-refractivity contribution < 1.29 is 13.6 Å². The Kier molecular flexibility index (Phi) is 3.25. The zero-order chi connectivity index (χ0) is 8.20. The van der Waals surface area contributed by atoms with E-state index in [1.807, 2.05) is 5.32 Å². The number of amides is 1. The number of alkyl halides is 2. The fraction of sp³-hybridized carbons (Fsp3) is 0.833. The van der Waals surface area contributed by atoms with Gasteiger partial charge in [-0.25, -0.2) is 0 Å². The van der Waals surface area contributed by atoms with E-state index in [2.05, 4.69) is 0 Å². The quantitative estimate of drug-likeness (QED) is 0.644. The van der Waals surface area contributed by atoms with Crippen LogP contribution in [0.5, 0.6) is 0 Å². The van der Waals surface area contributed by atoms with Gasteiger partial charge in [0.15, 0.2) is 0 Å². The predicted molar refractivity (Wildman–Crippen MR) is 33.9 cm³/mol. The highest BCUT2D eigenvalue weighted by molar-refractivity contribution is 5.83. The second-order valence-corrected chi connectivity index (χ2v) is 1.92. The van der Waals surface area contributed by atoms with Crippen molar-refractivity contribution in [1.29, 1.82) is 0 Å². The molecule has 0 bridgehead atoms. The molecule has 0 heterocycles. The van der Waals surface area contributed by atoms with E-state index in [1.165, 1.54) is 6.92 Å². The van der Waals surface area contributed by atoms with Crippen LogP contribution in [0, 0.1) is 0 Å². The first-order valence-electron chi connectivity index (χ1n) is 3.20. The number of carbonyl (C=O) groups excluding carboxylic acids is 1. The maximum absolute atomic E-state index is 12.3. The number of carbonyl (C=O) groups is 1. The summed E-state index contributed by atoms with van der Waals surface area (Å²) in [6.07, 6.45) is -0.446. The van der Waals surface area contributed by atoms with Gasteiger partial charge in [0, 0.05) is 13.0 Å². The highest BCUT2D eigenvalue weighted by Gasteiger charge is 2.35. The van der Waals surface area contributed by atoms with Crippen LogP contribution in [0.3, 0.4) is 0 Å². The Morgan fingerprint density at radius 2 is 2.00 bits per heavy atom. The van der Waals surface area contributed by atoms with Gasteiger partial charge in [-0.3, -0.25) is 4.79 Å². The number of halogens is 2. The van der Waals surface area contributed by atoms with Gasteiger partial charge in [0.05, 0.1) is 0 Å². The molecular formula is C6H11F2NO. The van der Waals surface area contributed by atoms with Gasteiger partial charge >= 0.3 is 5.92 Å². The zero-order valence-corrected chi connectivity index (χ0v) is 6.08. The molecule has 0 aliphatic carbocycles. The van der Waals surface area contributed by atoms with Crippen LogP contribution < -0.4 is 5.32 Å². The lowest BCUT2D eigenvalue weighted by Crippen LogP contribution is -2.39. The van der Waals surface area contributed by atoms with E-state index in [0.29, 0.717) is 0 Å². The van der Waals surface area contributed by atoms with Crippen LogP contribution in [-0.2, 0) is 4.79 Å². The van der Waals surface area contributed by atoms with E-state index < -0.39 is 18.3 Å². The molecule has 0 rings (SSSR count). The van der Waals surface area contributed by atoms with Crippen LogP contribution in [0.4, 0.5) is 8.78 Å². The van der Waals surface area contributed by atoms with Gasteiger partial charge < -0.3 is 5.32 Å². The highest BCUT2D eigenvalue weighted by Crippen LogP contribution is 2.16. The van der Waals surface area contributed by atoms with Crippen LogP contribution in [0.2, 0.25) is 0 Å². The fourth-order valence-corrected chi connectivity index (χ4v) is 0.450. The molecule has 0 spiro atoms. The molecule has 0 aromatic heterocycles. The third-order valence-electron chi connectivity index (χ3n) is 1.11. The number of rotatable bonds is 3. The van der Waals surface area contributed by atoms with Gasteiger partial charge in [-0.05, 0) is 6.92 Å². The maximum atomic E-state index is 12.3. The Balaban J connectivity index is 3.91. The summed E-state index contributed by atoms with van der Waals surface area (Å²) in [6, 6.07) is 0. The van der Waals surface area contributed by atoms with Crippen molar-refractivity contribution in [2.45, 2.75) is 26.2 Å². The predicted octanol–water partition coefficient (Wildman–Crippen LogP) is 1.17. The average molecular weight is 151 g/mol. The molecule has 0 aliphatic heterocycles. The molecular weight excluding hydrogens is 140 g/mol. The first-order chi connectivity index (χ1) is 4.54. The van der Waals surface area contributed by atoms with Gasteiger partial charge in [-0.15, -0.1) is 0 Å². The Bertz CT molecular complexity index is 125. The lowest BCUT2D eigenvalue weighted by Gasteiger charge is -2.11. The smallest absolute Gasteiger partial charge is 0.324 e. The second-order valence-electron chi connectivity index (χ2n) is 1.92. The summed E-state index contributed by atoms with van der Waals surface area (Å²) in [7, 11) is 0. The average Bonchev–Trinajstić information content (AvgIpc) is 1.89. The van der Waals surface area contributed by atoms with Crippen LogP contribution in [0.15, 0.2) is 0 Å². The van der Waals surface area contributed by atoms with Gasteiger partial charge in [-0.1, -0.05) is 6.92 Å². The van der Waals surface area contributed by atoms with Crippen molar-refractivity contribution >= 4 is 5.91 Å². The molecule has 10 heavy (non-hydrogen) atoms. The topological polar surface area (TPSA) is 29.1 Å². The number of nitrogens with one attached hydrogen (secondary N) is 1. The molecule has 0 radical (unpaired) electrons. The van der Waals surface area contributed by atoms with Crippen molar-refractivity contribution in [1.82, 2.24) is 5.32 Å². The first kappa shape index (κ1) is 9.33. The highest BCUT2D eigenvalue weighted by atomic mass is 19.3. The Hall–Kier alpha value is -0.670. The Morgan fingerprint density at radius 1 is 1.50 bits per heavy atom. The normalized spacial score (nSPS) is 11.2. The summed E-state index contributed by atoms with van der Waals surface area (Å²) in [5.74, 6) is -4.38. The van der Waals surface area contributed by atoms with Gasteiger partial charge in [0.2, 0.25) is 0 Å². The van der Waals surface area contributed by atoms with E-state index in [0.717, 1.165) is 0 Å². The van der Waals surface area contributed by atoms with E-state index in [4.69, 9.17) is 0 Å². The standard InChI is InChI=1S/C6H11F2NO/c1-3-6(7,8)5(10)9-4-2/h3-4H2,1-2H3,(H,9,10). The second kappa shape index (κ2) is 3.49. The van der Waals surface area contributed by atoms with Crippen molar-refractivity contribution in [2.24, 2.45) is 0 Å². The van der Waals surface area contributed by atoms with Gasteiger partial charge in [-0.2, -0.15) is 8.78 Å². The van der Waals surface area contributed by atoms with Gasteiger partial charge in [0.1, 0.15) is 0 Å². The summed E-state index contributed by atoms with van der Waals surface area (Å²) in [6.45, 7) is 3.12. The van der Waals surface area contributed by atoms with Gasteiger partial charge in [0.25, 0.3) is 5.91 Å². The summed E-state index contributed by atoms with van der Waals surface area (Å²) >= 11 is 0. The molecule has 0 fully saturated rings. The molecule has 0 saturated heterocycles. The van der Waals surface area contributed by atoms with Crippen LogP contribution >= 0.6 is 0 Å². The Morgan fingerprint density at radius 3 is 2.30 bits per heavy atom. The van der Waals surface area contributed by atoms with Crippen LogP contribution in [0.25, 0.3) is 0 Å². The minimum Gasteiger partial charge on any atom is -0.351 e. The zero-order valence-electron chi connectivity index (χ0n) is 6.08. The lowest BCUT2D eigenvalue weighted by atomic mass is 10.2. The fourth-order valence-electron chi connectivity index (χ4n) is 0.450. The minimum atomic E-state index is -3.20. The van der Waals surface area contributed by atoms with Crippen molar-refractivity contribution in [2.75, 3.05) is 6.54 Å². The summed E-state index contributed by atoms with van der Waals surface area (Å²) in [5.41, 5.74) is 0. The first-order valence-corrected chi connectivity index (χ1v) is 3.20. The van der Waals surface area contributed by atoms with Crippen LogP contribution in [-0.4, -0.2) is 18.4 Å². The van der Waals surface area contributed by atoms with E-state index in [1.54, 1.807) is 6.92 Å². The van der Waals surface area contributed by atoms with E-state index in [9.17, 15) is 13.6 Å². The third kappa shape index (κ3) is 2.29. The van der Waals surface area contributed by atoms with Crippen molar-refractivity contribution in [3.63, 3.8) is 0 Å². The summed E-state index contributed by atoms with van der Waals surface area (Å²) in [5, 5.41) is 2.05. The molecule has 60 valence electrons. The molecule has 0 atom stereocenters. The molecule has 1 N–H and O–H groups in total. The third-order valence-corrected chi connectivity index (χ3v) is 1.11. The van der Waals surface area contributed by atoms with Crippen molar-refractivity contribution in [3.05, 3.63) is 0 Å². The maximum Gasteiger partial charge on any atom is 0.324 e. The summed E-state index contributed by atoms with van der Waals surface area (Å²) in [4.78, 5) is 10.4. The molecule has 2 nitrogen and oxygen atoms in total. The molecule has 4 heteroatoms. The molecule has 0 aliphatic rings. The summed E-state index contributed by atoms with van der Waals surface area (Å²) < 4.78 is 24.6. The molecule has 0 unspecified atom stereocenters. The molecule has 0 aromatic rings. The monoisotopic (exact) mass is 151 g/mol. The SMILES string of the molecule is CCNC(=O)C(F)(F)CC. The molecule has 0 aromatic carbocycles. The minimum absolute atomic E-state index is 0.244. The van der Waals surface area contributed by atoms with E-state index in [-0.39, 0.29) is 6.54 Å². The number of hydrogen-bond acceptors (Lipinski definition) is 1. The number of hydrogen-bond donors (Lipinski definition) is 1. The van der Waals surface area contributed by atoms with Crippen LogP contribution in [0.1, 0.15) is 20.3 Å².